The number of benzene rings is 2. The second-order valence-corrected chi connectivity index (χ2v) is 5.61. The van der Waals surface area contributed by atoms with Crippen LogP contribution >= 0.6 is 0 Å². The summed E-state index contributed by atoms with van der Waals surface area (Å²) in [6.45, 7) is 2.22. The molecule has 4 aromatic rings. The Bertz CT molecular complexity index is 1060. The van der Waals surface area contributed by atoms with Gasteiger partial charge in [-0.1, -0.05) is 52.3 Å². The molecule has 4 rings (SSSR count). The number of hydrogen-bond acceptors (Lipinski definition) is 5. The van der Waals surface area contributed by atoms with Crippen molar-refractivity contribution < 1.29 is 4.52 Å². The number of rotatable bonds is 3. The average Bonchev–Trinajstić information content (AvgIpc) is 3.07. The molecule has 0 saturated heterocycles. The summed E-state index contributed by atoms with van der Waals surface area (Å²) in [7, 11) is 0. The Morgan fingerprint density at radius 2 is 1.88 bits per heavy atom. The molecule has 0 unspecified atom stereocenters. The van der Waals surface area contributed by atoms with Crippen LogP contribution in [0.2, 0.25) is 0 Å². The fourth-order valence-electron chi connectivity index (χ4n) is 2.52. The van der Waals surface area contributed by atoms with Crippen molar-refractivity contribution in [2.24, 2.45) is 0 Å². The zero-order chi connectivity index (χ0) is 16.5. The van der Waals surface area contributed by atoms with Crippen molar-refractivity contribution in [3.8, 4) is 11.3 Å². The van der Waals surface area contributed by atoms with Gasteiger partial charge in [-0.3, -0.25) is 4.79 Å². The number of aromatic nitrogens is 4. The van der Waals surface area contributed by atoms with E-state index >= 15 is 0 Å². The molecule has 6 nitrogen and oxygen atoms in total. The van der Waals surface area contributed by atoms with Gasteiger partial charge in [0.2, 0.25) is 0 Å². The van der Waals surface area contributed by atoms with E-state index in [-0.39, 0.29) is 12.1 Å². The van der Waals surface area contributed by atoms with Crippen molar-refractivity contribution in [3.63, 3.8) is 0 Å². The lowest BCUT2D eigenvalue weighted by Gasteiger charge is -2.01. The summed E-state index contributed by atoms with van der Waals surface area (Å²) in [6.07, 6.45) is 0. The number of nitrogens with zero attached hydrogens (tertiary/aromatic N) is 4. The first-order valence-corrected chi connectivity index (χ1v) is 7.56. The van der Waals surface area contributed by atoms with Gasteiger partial charge >= 0.3 is 0 Å². The molecule has 6 heteroatoms. The predicted octanol–water partition coefficient (Wildman–Crippen LogP) is 2.80. The van der Waals surface area contributed by atoms with Gasteiger partial charge in [0.15, 0.2) is 5.76 Å². The van der Waals surface area contributed by atoms with Crippen molar-refractivity contribution in [2.75, 3.05) is 0 Å². The first-order valence-electron chi connectivity index (χ1n) is 7.56. The van der Waals surface area contributed by atoms with E-state index in [9.17, 15) is 4.79 Å². The van der Waals surface area contributed by atoms with E-state index in [2.05, 4.69) is 15.5 Å². The standard InChI is InChI=1S/C18H14N4O2/c1-12-6-8-13(9-7-12)17-10-14(24-20-17)11-22-18(23)15-4-2-3-5-16(15)19-21-22/h2-10H,11H2,1H3. The molecule has 0 aliphatic rings. The van der Waals surface area contributed by atoms with Crippen LogP contribution in [0.4, 0.5) is 0 Å². The van der Waals surface area contributed by atoms with Crippen LogP contribution in [0.5, 0.6) is 0 Å². The first kappa shape index (κ1) is 14.3. The van der Waals surface area contributed by atoms with Gasteiger partial charge in [-0.15, -0.1) is 5.10 Å². The second kappa shape index (κ2) is 5.73. The average molecular weight is 318 g/mol. The summed E-state index contributed by atoms with van der Waals surface area (Å²) in [5, 5.41) is 12.6. The van der Waals surface area contributed by atoms with Crippen molar-refractivity contribution in [2.45, 2.75) is 13.5 Å². The molecule has 0 aliphatic carbocycles. The third kappa shape index (κ3) is 2.58. The first-order chi connectivity index (χ1) is 11.7. The minimum absolute atomic E-state index is 0.190. The van der Waals surface area contributed by atoms with Gasteiger partial charge in [-0.2, -0.15) is 0 Å². The van der Waals surface area contributed by atoms with Gasteiger partial charge in [0.1, 0.15) is 17.8 Å². The summed E-state index contributed by atoms with van der Waals surface area (Å²) in [6, 6.07) is 16.9. The Morgan fingerprint density at radius 1 is 1.08 bits per heavy atom. The van der Waals surface area contributed by atoms with E-state index in [4.69, 9.17) is 4.52 Å². The highest BCUT2D eigenvalue weighted by Gasteiger charge is 2.10. The Balaban J connectivity index is 1.66. The van der Waals surface area contributed by atoms with E-state index in [0.717, 1.165) is 11.3 Å². The SMILES string of the molecule is Cc1ccc(-c2cc(Cn3nnc4ccccc4c3=O)on2)cc1. The molecule has 0 bridgehead atoms. The minimum atomic E-state index is -0.200. The van der Waals surface area contributed by atoms with Crippen LogP contribution in [0.1, 0.15) is 11.3 Å². The Kier molecular flexibility index (Phi) is 3.42. The van der Waals surface area contributed by atoms with Crippen molar-refractivity contribution in [1.82, 2.24) is 20.2 Å². The molecule has 2 heterocycles. The van der Waals surface area contributed by atoms with E-state index in [1.807, 2.05) is 43.3 Å². The largest absolute Gasteiger partial charge is 0.359 e. The highest BCUT2D eigenvalue weighted by molar-refractivity contribution is 5.76. The number of aryl methyl sites for hydroxylation is 1. The molecule has 0 atom stereocenters. The maximum atomic E-state index is 12.4. The molecule has 2 aromatic heterocycles. The van der Waals surface area contributed by atoms with Gasteiger partial charge in [-0.05, 0) is 19.1 Å². The topological polar surface area (TPSA) is 73.8 Å². The molecule has 0 amide bonds. The second-order valence-electron chi connectivity index (χ2n) is 5.61. The molecule has 0 fully saturated rings. The van der Waals surface area contributed by atoms with E-state index in [1.165, 1.54) is 10.2 Å². The van der Waals surface area contributed by atoms with Gasteiger partial charge in [-0.25, -0.2) is 4.68 Å². The lowest BCUT2D eigenvalue weighted by molar-refractivity contribution is 0.368. The third-order valence-corrected chi connectivity index (χ3v) is 3.84. The molecule has 0 aliphatic heterocycles. The summed E-state index contributed by atoms with van der Waals surface area (Å²) in [4.78, 5) is 12.4. The molecule has 2 aromatic carbocycles. The molecule has 0 spiro atoms. The van der Waals surface area contributed by atoms with Crippen molar-refractivity contribution in [3.05, 3.63) is 76.3 Å². The van der Waals surface area contributed by atoms with E-state index < -0.39 is 0 Å². The highest BCUT2D eigenvalue weighted by atomic mass is 16.5. The van der Waals surface area contributed by atoms with Crippen LogP contribution in [-0.4, -0.2) is 20.2 Å². The smallest absolute Gasteiger partial charge is 0.278 e. The van der Waals surface area contributed by atoms with Crippen LogP contribution in [0, 0.1) is 6.92 Å². The normalized spacial score (nSPS) is 11.0. The molecular weight excluding hydrogens is 304 g/mol. The Morgan fingerprint density at radius 3 is 2.71 bits per heavy atom. The van der Waals surface area contributed by atoms with Gasteiger partial charge in [0, 0.05) is 11.6 Å². The quantitative estimate of drug-likeness (QED) is 0.581. The fourth-order valence-corrected chi connectivity index (χ4v) is 2.52. The predicted molar refractivity (Wildman–Crippen MR) is 89.6 cm³/mol. The Labute approximate surface area is 137 Å². The van der Waals surface area contributed by atoms with Gasteiger partial charge in [0.05, 0.1) is 5.39 Å². The van der Waals surface area contributed by atoms with Crippen LogP contribution < -0.4 is 5.56 Å². The van der Waals surface area contributed by atoms with E-state index in [1.54, 1.807) is 18.2 Å². The monoisotopic (exact) mass is 318 g/mol. The van der Waals surface area contributed by atoms with Gasteiger partial charge in [0.25, 0.3) is 5.56 Å². The summed E-state index contributed by atoms with van der Waals surface area (Å²) < 4.78 is 6.62. The lowest BCUT2D eigenvalue weighted by atomic mass is 10.1. The van der Waals surface area contributed by atoms with Crippen LogP contribution in [0.25, 0.3) is 22.2 Å². The minimum Gasteiger partial charge on any atom is -0.359 e. The summed E-state index contributed by atoms with van der Waals surface area (Å²) >= 11 is 0. The van der Waals surface area contributed by atoms with Crippen LogP contribution in [-0.2, 0) is 6.54 Å². The van der Waals surface area contributed by atoms with Crippen molar-refractivity contribution >= 4 is 10.9 Å². The molecule has 0 N–H and O–H groups in total. The maximum Gasteiger partial charge on any atom is 0.278 e. The number of hydrogen-bond donors (Lipinski definition) is 0. The number of fused-ring (bicyclic) bond motifs is 1. The van der Waals surface area contributed by atoms with Crippen molar-refractivity contribution in [1.29, 1.82) is 0 Å². The molecular formula is C18H14N4O2. The third-order valence-electron chi connectivity index (χ3n) is 3.84. The molecule has 118 valence electrons. The van der Waals surface area contributed by atoms with Gasteiger partial charge < -0.3 is 4.52 Å². The molecule has 0 saturated carbocycles. The van der Waals surface area contributed by atoms with Crippen LogP contribution in [0.15, 0.2) is 63.9 Å². The summed E-state index contributed by atoms with van der Waals surface area (Å²) in [5.74, 6) is 0.553. The van der Waals surface area contributed by atoms with E-state index in [0.29, 0.717) is 16.7 Å². The highest BCUT2D eigenvalue weighted by Crippen LogP contribution is 2.19. The molecule has 0 radical (unpaired) electrons. The Hall–Kier alpha value is -3.28. The maximum absolute atomic E-state index is 12.4. The lowest BCUT2D eigenvalue weighted by Crippen LogP contribution is -2.24. The summed E-state index contributed by atoms with van der Waals surface area (Å²) in [5.41, 5.74) is 3.25. The zero-order valence-electron chi connectivity index (χ0n) is 13.0. The fraction of sp³-hybridized carbons (Fsp3) is 0.111. The van der Waals surface area contributed by atoms with Crippen LogP contribution in [0.3, 0.4) is 0 Å². The zero-order valence-corrected chi connectivity index (χ0v) is 13.0. The molecule has 24 heavy (non-hydrogen) atoms.